The van der Waals surface area contributed by atoms with Crippen LogP contribution in [0.1, 0.15) is 6.92 Å². The lowest BCUT2D eigenvalue weighted by atomic mass is 10.3. The van der Waals surface area contributed by atoms with E-state index in [0.29, 0.717) is 6.54 Å². The number of benzene rings is 1. The molecule has 0 saturated carbocycles. The fourth-order valence-corrected chi connectivity index (χ4v) is 2.37. The van der Waals surface area contributed by atoms with Gasteiger partial charge in [-0.1, -0.05) is 13.0 Å². The highest BCUT2D eigenvalue weighted by Crippen LogP contribution is 2.26. The molecule has 0 heterocycles. The van der Waals surface area contributed by atoms with E-state index in [2.05, 4.69) is 5.32 Å². The molecular formula is C12H16F3NOS. The molecule has 0 aliphatic heterocycles. The Bertz CT molecular complexity index is 371. The Balaban J connectivity index is 2.37. The highest BCUT2D eigenvalue weighted by atomic mass is 32.2. The minimum absolute atomic E-state index is 0.0551. The first-order valence-electron chi connectivity index (χ1n) is 5.49. The predicted octanol–water partition coefficient (Wildman–Crippen LogP) is 3.33. The third-order valence-corrected chi connectivity index (χ3v) is 3.23. The summed E-state index contributed by atoms with van der Waals surface area (Å²) >= 11 is 1.51. The molecule has 1 N–H and O–H groups in total. The SMILES string of the molecule is COc1cccc(SC(C)CNCC(F)(F)F)c1. The third-order valence-electron chi connectivity index (χ3n) is 2.14. The third kappa shape index (κ3) is 6.16. The second kappa shape index (κ2) is 6.89. The average Bonchev–Trinajstić information content (AvgIpc) is 2.27. The van der Waals surface area contributed by atoms with Crippen LogP contribution in [0.4, 0.5) is 13.2 Å². The van der Waals surface area contributed by atoms with E-state index in [0.717, 1.165) is 10.6 Å². The summed E-state index contributed by atoms with van der Waals surface area (Å²) in [4.78, 5) is 0.982. The van der Waals surface area contributed by atoms with Gasteiger partial charge in [-0.05, 0) is 18.2 Å². The molecule has 0 aromatic heterocycles. The van der Waals surface area contributed by atoms with Crippen LogP contribution in [0, 0.1) is 0 Å². The van der Waals surface area contributed by atoms with Crippen molar-refractivity contribution in [3.63, 3.8) is 0 Å². The molecule has 1 rings (SSSR count). The molecule has 0 amide bonds. The van der Waals surface area contributed by atoms with E-state index in [1.165, 1.54) is 11.8 Å². The van der Waals surface area contributed by atoms with Crippen molar-refractivity contribution in [3.8, 4) is 5.75 Å². The number of hydrogen-bond acceptors (Lipinski definition) is 3. The summed E-state index contributed by atoms with van der Waals surface area (Å²) < 4.78 is 40.9. The van der Waals surface area contributed by atoms with Gasteiger partial charge in [0.1, 0.15) is 5.75 Å². The smallest absolute Gasteiger partial charge is 0.401 e. The molecule has 0 radical (unpaired) electrons. The van der Waals surface area contributed by atoms with Gasteiger partial charge in [-0.15, -0.1) is 11.8 Å². The summed E-state index contributed by atoms with van der Waals surface area (Å²) in [6.45, 7) is 1.24. The minimum atomic E-state index is -4.15. The van der Waals surface area contributed by atoms with Crippen LogP contribution >= 0.6 is 11.8 Å². The molecule has 1 aromatic rings. The van der Waals surface area contributed by atoms with Crippen LogP contribution in [0.2, 0.25) is 0 Å². The lowest BCUT2D eigenvalue weighted by Gasteiger charge is -2.14. The Morgan fingerprint density at radius 1 is 1.39 bits per heavy atom. The maximum atomic E-state index is 11.9. The molecule has 18 heavy (non-hydrogen) atoms. The van der Waals surface area contributed by atoms with Gasteiger partial charge in [-0.25, -0.2) is 0 Å². The zero-order valence-electron chi connectivity index (χ0n) is 10.3. The zero-order valence-corrected chi connectivity index (χ0v) is 11.1. The molecule has 0 spiro atoms. The molecule has 1 unspecified atom stereocenters. The van der Waals surface area contributed by atoms with Crippen LogP contribution in [0.15, 0.2) is 29.2 Å². The van der Waals surface area contributed by atoms with Crippen molar-refractivity contribution in [3.05, 3.63) is 24.3 Å². The number of alkyl halides is 3. The molecule has 0 bridgehead atoms. The van der Waals surface area contributed by atoms with E-state index >= 15 is 0 Å². The molecule has 0 aliphatic rings. The second-order valence-electron chi connectivity index (χ2n) is 3.85. The molecular weight excluding hydrogens is 263 g/mol. The molecule has 2 nitrogen and oxygen atoms in total. The Morgan fingerprint density at radius 3 is 2.72 bits per heavy atom. The van der Waals surface area contributed by atoms with E-state index in [9.17, 15) is 13.2 Å². The van der Waals surface area contributed by atoms with Crippen molar-refractivity contribution >= 4 is 11.8 Å². The van der Waals surface area contributed by atoms with Crippen LogP contribution in [-0.2, 0) is 0 Å². The van der Waals surface area contributed by atoms with Gasteiger partial charge < -0.3 is 10.1 Å². The number of nitrogens with one attached hydrogen (secondary N) is 1. The summed E-state index contributed by atoms with van der Waals surface area (Å²) in [5.74, 6) is 0.746. The van der Waals surface area contributed by atoms with Crippen LogP contribution in [0.3, 0.4) is 0 Å². The Labute approximate surface area is 109 Å². The van der Waals surface area contributed by atoms with Gasteiger partial charge in [-0.3, -0.25) is 0 Å². The summed E-state index contributed by atoms with van der Waals surface area (Å²) in [7, 11) is 1.58. The highest BCUT2D eigenvalue weighted by molar-refractivity contribution is 8.00. The lowest BCUT2D eigenvalue weighted by Crippen LogP contribution is -2.32. The quantitative estimate of drug-likeness (QED) is 0.807. The average molecular weight is 279 g/mol. The number of halogens is 3. The van der Waals surface area contributed by atoms with Gasteiger partial charge in [0.25, 0.3) is 0 Å². The predicted molar refractivity (Wildman–Crippen MR) is 67.2 cm³/mol. The molecule has 0 aliphatic carbocycles. The number of hydrogen-bond donors (Lipinski definition) is 1. The molecule has 0 saturated heterocycles. The maximum absolute atomic E-state index is 11.9. The van der Waals surface area contributed by atoms with Gasteiger partial charge in [-0.2, -0.15) is 13.2 Å². The Kier molecular flexibility index (Phi) is 5.81. The minimum Gasteiger partial charge on any atom is -0.497 e. The molecule has 0 fully saturated rings. The summed E-state index contributed by atoms with van der Waals surface area (Å²) in [5.41, 5.74) is 0. The first kappa shape index (κ1) is 15.2. The Morgan fingerprint density at radius 2 is 2.11 bits per heavy atom. The fraction of sp³-hybridized carbons (Fsp3) is 0.500. The summed E-state index contributed by atoms with van der Waals surface area (Å²) in [6, 6.07) is 7.46. The van der Waals surface area contributed by atoms with Crippen molar-refractivity contribution in [1.29, 1.82) is 0 Å². The van der Waals surface area contributed by atoms with Crippen LogP contribution in [-0.4, -0.2) is 31.6 Å². The van der Waals surface area contributed by atoms with Gasteiger partial charge >= 0.3 is 6.18 Å². The van der Waals surface area contributed by atoms with Crippen LogP contribution < -0.4 is 10.1 Å². The summed E-state index contributed by atoms with van der Waals surface area (Å²) in [6.07, 6.45) is -4.15. The van der Waals surface area contributed by atoms with Crippen molar-refractivity contribution < 1.29 is 17.9 Å². The fourth-order valence-electron chi connectivity index (χ4n) is 1.37. The number of ether oxygens (including phenoxy) is 1. The second-order valence-corrected chi connectivity index (χ2v) is 5.37. The van der Waals surface area contributed by atoms with E-state index in [-0.39, 0.29) is 5.25 Å². The molecule has 1 aromatic carbocycles. The van der Waals surface area contributed by atoms with Crippen LogP contribution in [0.25, 0.3) is 0 Å². The van der Waals surface area contributed by atoms with Gasteiger partial charge in [0.05, 0.1) is 13.7 Å². The molecule has 1 atom stereocenters. The standard InChI is InChI=1S/C12H16F3NOS/c1-9(7-16-8-12(13,14)15)18-11-5-3-4-10(6-11)17-2/h3-6,9,16H,7-8H2,1-2H3. The van der Waals surface area contributed by atoms with Crippen molar-refractivity contribution in [2.75, 3.05) is 20.2 Å². The summed E-state index contributed by atoms with van der Waals surface area (Å²) in [5, 5.41) is 2.45. The van der Waals surface area contributed by atoms with Crippen molar-refractivity contribution in [2.24, 2.45) is 0 Å². The van der Waals surface area contributed by atoms with E-state index in [1.807, 2.05) is 31.2 Å². The maximum Gasteiger partial charge on any atom is 0.401 e. The van der Waals surface area contributed by atoms with Crippen molar-refractivity contribution in [1.82, 2.24) is 5.32 Å². The van der Waals surface area contributed by atoms with E-state index in [1.54, 1.807) is 7.11 Å². The van der Waals surface area contributed by atoms with Gasteiger partial charge in [0, 0.05) is 16.7 Å². The number of thioether (sulfide) groups is 1. The zero-order chi connectivity index (χ0) is 13.6. The molecule has 6 heteroatoms. The van der Waals surface area contributed by atoms with Crippen LogP contribution in [0.5, 0.6) is 5.75 Å². The molecule has 102 valence electrons. The monoisotopic (exact) mass is 279 g/mol. The lowest BCUT2D eigenvalue weighted by molar-refractivity contribution is -0.124. The van der Waals surface area contributed by atoms with Gasteiger partial charge in [0.2, 0.25) is 0 Å². The van der Waals surface area contributed by atoms with E-state index < -0.39 is 12.7 Å². The topological polar surface area (TPSA) is 21.3 Å². The number of rotatable bonds is 6. The van der Waals surface area contributed by atoms with Gasteiger partial charge in [0.15, 0.2) is 0 Å². The first-order valence-corrected chi connectivity index (χ1v) is 6.37. The van der Waals surface area contributed by atoms with E-state index in [4.69, 9.17) is 4.74 Å². The Hall–Kier alpha value is -0.880. The highest BCUT2D eigenvalue weighted by Gasteiger charge is 2.26. The number of methoxy groups -OCH3 is 1. The largest absolute Gasteiger partial charge is 0.497 e. The van der Waals surface area contributed by atoms with Crippen molar-refractivity contribution in [2.45, 2.75) is 23.2 Å². The first-order chi connectivity index (χ1) is 8.40. The normalized spacial score (nSPS) is 13.4.